The highest BCUT2D eigenvalue weighted by molar-refractivity contribution is 7.08. The van der Waals surface area contributed by atoms with E-state index < -0.39 is 0 Å². The molecule has 1 aliphatic rings. The van der Waals surface area contributed by atoms with Gasteiger partial charge >= 0.3 is 0 Å². The number of hydrogen-bond acceptors (Lipinski definition) is 3. The summed E-state index contributed by atoms with van der Waals surface area (Å²) in [7, 11) is 0. The highest BCUT2D eigenvalue weighted by Crippen LogP contribution is 2.30. The van der Waals surface area contributed by atoms with Gasteiger partial charge in [0.2, 0.25) is 0 Å². The molecule has 0 saturated heterocycles. The molecular formula is C17H18N4OS. The zero-order valence-electron chi connectivity index (χ0n) is 12.9. The Bertz CT molecular complexity index is 817. The van der Waals surface area contributed by atoms with Crippen molar-refractivity contribution in [3.05, 3.63) is 52.6 Å². The first-order valence-corrected chi connectivity index (χ1v) is 8.76. The van der Waals surface area contributed by atoms with Crippen molar-refractivity contribution in [3.63, 3.8) is 0 Å². The highest BCUT2D eigenvalue weighted by Gasteiger charge is 2.31. The minimum Gasteiger partial charge on any atom is -0.348 e. The summed E-state index contributed by atoms with van der Waals surface area (Å²) in [6.07, 6.45) is 2.99. The number of rotatable bonds is 3. The molecule has 0 spiro atoms. The lowest BCUT2D eigenvalue weighted by atomic mass is 10.1. The van der Waals surface area contributed by atoms with Crippen molar-refractivity contribution in [2.45, 2.75) is 25.9 Å². The number of H-pyrrole nitrogens is 1. The first kappa shape index (κ1) is 14.3. The molecule has 1 N–H and O–H groups in total. The maximum Gasteiger partial charge on any atom is 0.272 e. The Kier molecular flexibility index (Phi) is 3.53. The zero-order valence-corrected chi connectivity index (χ0v) is 13.7. The predicted octanol–water partition coefficient (Wildman–Crippen LogP) is 3.55. The van der Waals surface area contributed by atoms with Gasteiger partial charge in [0.15, 0.2) is 0 Å². The molecule has 0 unspecified atom stereocenters. The summed E-state index contributed by atoms with van der Waals surface area (Å²) in [5, 5.41) is 11.2. The average molecular weight is 326 g/mol. The van der Waals surface area contributed by atoms with E-state index >= 15 is 0 Å². The van der Waals surface area contributed by atoms with Crippen LogP contribution in [0.1, 0.15) is 35.6 Å². The zero-order chi connectivity index (χ0) is 15.8. The van der Waals surface area contributed by atoms with Crippen molar-refractivity contribution < 1.29 is 4.79 Å². The Morgan fingerprint density at radius 2 is 2.35 bits per heavy atom. The minimum absolute atomic E-state index is 0.0262. The fraction of sp³-hybridized carbons (Fsp3) is 0.294. The van der Waals surface area contributed by atoms with Gasteiger partial charge in [0, 0.05) is 35.9 Å². The van der Waals surface area contributed by atoms with Crippen molar-refractivity contribution in [2.24, 2.45) is 0 Å². The second kappa shape index (κ2) is 5.70. The van der Waals surface area contributed by atoms with Gasteiger partial charge < -0.3 is 9.47 Å². The van der Waals surface area contributed by atoms with Crippen LogP contribution in [0.4, 0.5) is 0 Å². The summed E-state index contributed by atoms with van der Waals surface area (Å²) in [4.78, 5) is 14.9. The molecule has 6 heteroatoms. The first-order valence-electron chi connectivity index (χ1n) is 7.82. The van der Waals surface area contributed by atoms with Crippen LogP contribution in [0.5, 0.6) is 0 Å². The second-order valence-electron chi connectivity index (χ2n) is 5.73. The maximum atomic E-state index is 12.9. The van der Waals surface area contributed by atoms with Crippen LogP contribution in [0.25, 0.3) is 11.3 Å². The lowest BCUT2D eigenvalue weighted by Gasteiger charge is -2.36. The van der Waals surface area contributed by atoms with Gasteiger partial charge in [-0.2, -0.15) is 16.4 Å². The summed E-state index contributed by atoms with van der Waals surface area (Å²) in [6, 6.07) is 8.15. The third kappa shape index (κ3) is 2.39. The molecule has 0 radical (unpaired) electrons. The van der Waals surface area contributed by atoms with E-state index in [9.17, 15) is 4.79 Å². The normalized spacial score (nSPS) is 17.3. The van der Waals surface area contributed by atoms with Crippen LogP contribution in [0, 0.1) is 0 Å². The Hall–Kier alpha value is -2.34. The number of aromatic nitrogens is 3. The fourth-order valence-electron chi connectivity index (χ4n) is 3.28. The summed E-state index contributed by atoms with van der Waals surface area (Å²) >= 11 is 1.63. The van der Waals surface area contributed by atoms with Gasteiger partial charge in [0.25, 0.3) is 5.91 Å². The van der Waals surface area contributed by atoms with Crippen molar-refractivity contribution in [1.29, 1.82) is 0 Å². The summed E-state index contributed by atoms with van der Waals surface area (Å²) in [6.45, 7) is 3.69. The summed E-state index contributed by atoms with van der Waals surface area (Å²) in [5.74, 6) is 0.0262. The molecule has 23 heavy (non-hydrogen) atoms. The Morgan fingerprint density at radius 3 is 3.13 bits per heavy atom. The quantitative estimate of drug-likeness (QED) is 0.800. The molecule has 1 amide bonds. The lowest BCUT2D eigenvalue weighted by molar-refractivity contribution is 0.0611. The van der Waals surface area contributed by atoms with Crippen LogP contribution in [-0.4, -0.2) is 32.1 Å². The summed E-state index contributed by atoms with van der Waals surface area (Å²) < 4.78 is 2.24. The number of hydrogen-bond donors (Lipinski definition) is 1. The van der Waals surface area contributed by atoms with Crippen LogP contribution in [-0.2, 0) is 6.54 Å². The number of nitrogens with zero attached hydrogens (tertiary/aromatic N) is 3. The van der Waals surface area contributed by atoms with Crippen LogP contribution >= 0.6 is 11.3 Å². The Labute approximate surface area is 138 Å². The average Bonchev–Trinajstić information content (AvgIpc) is 3.32. The minimum atomic E-state index is 0.0262. The standard InChI is InChI=1S/C17H18N4OS/c1-2-15-16-4-3-6-20(16)7-8-21(15)17(22)14-10-13(18-19-14)12-5-9-23-11-12/h3-6,9-11,15H,2,7-8H2,1H3,(H,18,19)/t15-/m0/s1. The largest absolute Gasteiger partial charge is 0.348 e. The molecule has 5 nitrogen and oxygen atoms in total. The monoisotopic (exact) mass is 326 g/mol. The van der Waals surface area contributed by atoms with E-state index in [0.29, 0.717) is 5.69 Å². The lowest BCUT2D eigenvalue weighted by Crippen LogP contribution is -2.41. The predicted molar refractivity (Wildman–Crippen MR) is 90.4 cm³/mol. The smallest absolute Gasteiger partial charge is 0.272 e. The molecule has 0 saturated carbocycles. The SMILES string of the molecule is CC[C@H]1c2cccn2CCN1C(=O)c1cc(-c2ccsc2)n[nH]1. The molecule has 1 atom stereocenters. The number of amides is 1. The van der Waals surface area contributed by atoms with Crippen LogP contribution < -0.4 is 0 Å². The molecule has 0 aliphatic carbocycles. The topological polar surface area (TPSA) is 53.9 Å². The van der Waals surface area contributed by atoms with Crippen molar-refractivity contribution in [2.75, 3.05) is 6.54 Å². The first-order chi connectivity index (χ1) is 11.3. The number of nitrogens with one attached hydrogen (secondary N) is 1. The number of fused-ring (bicyclic) bond motifs is 1. The number of carbonyl (C=O) groups is 1. The van der Waals surface area contributed by atoms with Crippen LogP contribution in [0.2, 0.25) is 0 Å². The third-order valence-corrected chi connectivity index (χ3v) is 5.12. The van der Waals surface area contributed by atoms with E-state index in [1.165, 1.54) is 5.69 Å². The van der Waals surface area contributed by atoms with E-state index in [1.807, 2.05) is 27.8 Å². The third-order valence-electron chi connectivity index (χ3n) is 4.44. The van der Waals surface area contributed by atoms with Crippen molar-refractivity contribution in [3.8, 4) is 11.3 Å². The second-order valence-corrected chi connectivity index (χ2v) is 6.51. The number of thiophene rings is 1. The highest BCUT2D eigenvalue weighted by atomic mass is 32.1. The molecule has 118 valence electrons. The number of aromatic amines is 1. The van der Waals surface area contributed by atoms with E-state index in [0.717, 1.165) is 30.8 Å². The Morgan fingerprint density at radius 1 is 1.43 bits per heavy atom. The van der Waals surface area contributed by atoms with Gasteiger partial charge in [-0.3, -0.25) is 9.89 Å². The van der Waals surface area contributed by atoms with E-state index in [1.54, 1.807) is 11.3 Å². The maximum absolute atomic E-state index is 12.9. The molecule has 0 bridgehead atoms. The van der Waals surface area contributed by atoms with E-state index in [2.05, 4.69) is 40.0 Å². The van der Waals surface area contributed by atoms with Gasteiger partial charge in [-0.15, -0.1) is 0 Å². The van der Waals surface area contributed by atoms with E-state index in [4.69, 9.17) is 0 Å². The van der Waals surface area contributed by atoms with Crippen LogP contribution in [0.15, 0.2) is 41.2 Å². The molecule has 0 aromatic carbocycles. The molecular weight excluding hydrogens is 308 g/mol. The fourth-order valence-corrected chi connectivity index (χ4v) is 3.93. The van der Waals surface area contributed by atoms with Crippen molar-refractivity contribution in [1.82, 2.24) is 19.7 Å². The van der Waals surface area contributed by atoms with Gasteiger partial charge in [-0.1, -0.05) is 6.92 Å². The van der Waals surface area contributed by atoms with Gasteiger partial charge in [-0.25, -0.2) is 0 Å². The molecule has 4 heterocycles. The van der Waals surface area contributed by atoms with Gasteiger partial charge in [0.05, 0.1) is 11.7 Å². The van der Waals surface area contributed by atoms with Gasteiger partial charge in [0.1, 0.15) is 5.69 Å². The molecule has 0 fully saturated rings. The van der Waals surface area contributed by atoms with Gasteiger partial charge in [-0.05, 0) is 36.1 Å². The molecule has 4 rings (SSSR count). The number of carbonyl (C=O) groups excluding carboxylic acids is 1. The molecule has 3 aromatic heterocycles. The van der Waals surface area contributed by atoms with E-state index in [-0.39, 0.29) is 11.9 Å². The molecule has 3 aromatic rings. The molecule has 1 aliphatic heterocycles. The van der Waals surface area contributed by atoms with Crippen molar-refractivity contribution >= 4 is 17.2 Å². The van der Waals surface area contributed by atoms with Crippen LogP contribution in [0.3, 0.4) is 0 Å². The Balaban J connectivity index is 1.62. The summed E-state index contributed by atoms with van der Waals surface area (Å²) in [5.41, 5.74) is 3.64.